The molecule has 4 nitrogen and oxygen atoms in total. The van der Waals surface area contributed by atoms with Gasteiger partial charge in [-0.1, -0.05) is 12.1 Å². The molecule has 3 aromatic rings. The fraction of sp³-hybridized carbons (Fsp3) is 0.250. The third-order valence-corrected chi connectivity index (χ3v) is 3.92. The van der Waals surface area contributed by atoms with Gasteiger partial charge in [-0.2, -0.15) is 0 Å². The van der Waals surface area contributed by atoms with Gasteiger partial charge in [0.05, 0.1) is 16.7 Å². The molecule has 0 aliphatic heterocycles. The van der Waals surface area contributed by atoms with Crippen LogP contribution in [0.2, 0.25) is 0 Å². The Hall–Kier alpha value is -1.72. The smallest absolute Gasteiger partial charge is 0.106 e. The molecule has 0 saturated heterocycles. The molecule has 0 aliphatic rings. The summed E-state index contributed by atoms with van der Waals surface area (Å²) in [5, 5.41) is 3.42. The van der Waals surface area contributed by atoms with Gasteiger partial charge in [-0.05, 0) is 47.1 Å². The van der Waals surface area contributed by atoms with Crippen LogP contribution in [0.4, 0.5) is 0 Å². The summed E-state index contributed by atoms with van der Waals surface area (Å²) in [6.07, 6.45) is 1.82. The molecule has 0 saturated carbocycles. The number of pyridine rings is 1. The molecule has 0 bridgehead atoms. The Morgan fingerprint density at radius 2 is 2.05 bits per heavy atom. The molecule has 0 amide bonds. The van der Waals surface area contributed by atoms with E-state index in [0.717, 1.165) is 41.1 Å². The van der Waals surface area contributed by atoms with Gasteiger partial charge in [-0.15, -0.1) is 0 Å². The molecular weight excluding hydrogens is 328 g/mol. The summed E-state index contributed by atoms with van der Waals surface area (Å²) in [4.78, 5) is 8.93. The number of hydrogen-bond acceptors (Lipinski definition) is 3. The SMILES string of the molecule is Cc1nc2ccccc2n1CCNCc1ccc(Br)cn1. The van der Waals surface area contributed by atoms with Gasteiger partial charge in [-0.3, -0.25) is 4.98 Å². The molecule has 2 heterocycles. The molecule has 0 unspecified atom stereocenters. The molecule has 1 aromatic carbocycles. The highest BCUT2D eigenvalue weighted by Gasteiger charge is 2.05. The monoisotopic (exact) mass is 344 g/mol. The van der Waals surface area contributed by atoms with Crippen molar-refractivity contribution in [3.8, 4) is 0 Å². The molecular formula is C16H17BrN4. The van der Waals surface area contributed by atoms with Crippen molar-refractivity contribution in [2.45, 2.75) is 20.0 Å². The lowest BCUT2D eigenvalue weighted by molar-refractivity contribution is 0.592. The number of imidazole rings is 1. The van der Waals surface area contributed by atoms with E-state index >= 15 is 0 Å². The highest BCUT2D eigenvalue weighted by molar-refractivity contribution is 9.10. The van der Waals surface area contributed by atoms with Crippen LogP contribution < -0.4 is 5.32 Å². The maximum Gasteiger partial charge on any atom is 0.106 e. The first kappa shape index (κ1) is 14.2. The minimum atomic E-state index is 0.777. The minimum Gasteiger partial charge on any atom is -0.327 e. The zero-order chi connectivity index (χ0) is 14.7. The third-order valence-electron chi connectivity index (χ3n) is 3.45. The third kappa shape index (κ3) is 3.31. The van der Waals surface area contributed by atoms with Crippen LogP contribution in [0.3, 0.4) is 0 Å². The maximum absolute atomic E-state index is 4.58. The first-order valence-corrected chi connectivity index (χ1v) is 7.76. The lowest BCUT2D eigenvalue weighted by Gasteiger charge is -2.08. The molecule has 21 heavy (non-hydrogen) atoms. The summed E-state index contributed by atoms with van der Waals surface area (Å²) in [5.41, 5.74) is 3.30. The van der Waals surface area contributed by atoms with Gasteiger partial charge in [0, 0.05) is 30.3 Å². The summed E-state index contributed by atoms with van der Waals surface area (Å²) in [7, 11) is 0. The number of nitrogens with one attached hydrogen (secondary N) is 1. The Morgan fingerprint density at radius 3 is 2.86 bits per heavy atom. The Kier molecular flexibility index (Phi) is 4.31. The van der Waals surface area contributed by atoms with E-state index in [9.17, 15) is 0 Å². The van der Waals surface area contributed by atoms with Crippen molar-refractivity contribution in [3.63, 3.8) is 0 Å². The van der Waals surface area contributed by atoms with Crippen molar-refractivity contribution in [1.29, 1.82) is 0 Å². The van der Waals surface area contributed by atoms with Gasteiger partial charge in [0.2, 0.25) is 0 Å². The molecule has 1 N–H and O–H groups in total. The van der Waals surface area contributed by atoms with E-state index in [0.29, 0.717) is 0 Å². The zero-order valence-corrected chi connectivity index (χ0v) is 13.5. The summed E-state index contributed by atoms with van der Waals surface area (Å²) in [5.74, 6) is 1.06. The predicted molar refractivity (Wildman–Crippen MR) is 88.1 cm³/mol. The second kappa shape index (κ2) is 6.37. The largest absolute Gasteiger partial charge is 0.327 e. The molecule has 108 valence electrons. The lowest BCUT2D eigenvalue weighted by Crippen LogP contribution is -2.20. The van der Waals surface area contributed by atoms with Crippen molar-refractivity contribution in [1.82, 2.24) is 19.9 Å². The van der Waals surface area contributed by atoms with Gasteiger partial charge in [0.25, 0.3) is 0 Å². The van der Waals surface area contributed by atoms with Crippen LogP contribution in [-0.4, -0.2) is 21.1 Å². The van der Waals surface area contributed by atoms with Crippen molar-refractivity contribution >= 4 is 27.0 Å². The average molecular weight is 345 g/mol. The fourth-order valence-electron chi connectivity index (χ4n) is 2.40. The molecule has 0 spiro atoms. The number of benzene rings is 1. The first-order valence-electron chi connectivity index (χ1n) is 6.97. The average Bonchev–Trinajstić information content (AvgIpc) is 2.81. The minimum absolute atomic E-state index is 0.777. The quantitative estimate of drug-likeness (QED) is 0.722. The molecule has 0 radical (unpaired) electrons. The number of para-hydroxylation sites is 2. The van der Waals surface area contributed by atoms with Gasteiger partial charge < -0.3 is 9.88 Å². The Labute approximate surface area is 132 Å². The molecule has 0 fully saturated rings. The van der Waals surface area contributed by atoms with E-state index in [-0.39, 0.29) is 0 Å². The summed E-state index contributed by atoms with van der Waals surface area (Å²) in [6.45, 7) is 4.62. The van der Waals surface area contributed by atoms with E-state index in [4.69, 9.17) is 0 Å². The highest BCUT2D eigenvalue weighted by atomic mass is 79.9. The summed E-state index contributed by atoms with van der Waals surface area (Å²) < 4.78 is 3.25. The second-order valence-electron chi connectivity index (χ2n) is 4.94. The van der Waals surface area contributed by atoms with Crippen LogP contribution >= 0.6 is 15.9 Å². The maximum atomic E-state index is 4.58. The van der Waals surface area contributed by atoms with Crippen LogP contribution in [0.5, 0.6) is 0 Å². The number of nitrogens with zero attached hydrogens (tertiary/aromatic N) is 3. The van der Waals surface area contributed by atoms with Crippen LogP contribution in [0, 0.1) is 6.92 Å². The number of aryl methyl sites for hydroxylation is 1. The van der Waals surface area contributed by atoms with Crippen molar-refractivity contribution in [2.24, 2.45) is 0 Å². The number of rotatable bonds is 5. The van der Waals surface area contributed by atoms with E-state index in [2.05, 4.69) is 60.9 Å². The van der Waals surface area contributed by atoms with Gasteiger partial charge in [0.1, 0.15) is 5.82 Å². The van der Waals surface area contributed by atoms with E-state index in [1.165, 1.54) is 5.52 Å². The first-order chi connectivity index (χ1) is 10.2. The summed E-state index contributed by atoms with van der Waals surface area (Å²) in [6, 6.07) is 12.3. The second-order valence-corrected chi connectivity index (χ2v) is 5.86. The molecule has 0 atom stereocenters. The number of hydrogen-bond donors (Lipinski definition) is 1. The van der Waals surface area contributed by atoms with Crippen LogP contribution in [-0.2, 0) is 13.1 Å². The van der Waals surface area contributed by atoms with Gasteiger partial charge in [0.15, 0.2) is 0 Å². The Balaban J connectivity index is 1.59. The van der Waals surface area contributed by atoms with Crippen molar-refractivity contribution in [3.05, 3.63) is 58.6 Å². The lowest BCUT2D eigenvalue weighted by atomic mass is 10.3. The van der Waals surface area contributed by atoms with Crippen molar-refractivity contribution < 1.29 is 0 Å². The molecule has 3 rings (SSSR count). The van der Waals surface area contributed by atoms with Crippen molar-refractivity contribution in [2.75, 3.05) is 6.54 Å². The summed E-state index contributed by atoms with van der Waals surface area (Å²) >= 11 is 3.39. The van der Waals surface area contributed by atoms with E-state index in [1.807, 2.05) is 24.4 Å². The topological polar surface area (TPSA) is 42.7 Å². The number of halogens is 1. The highest BCUT2D eigenvalue weighted by Crippen LogP contribution is 2.14. The van der Waals surface area contributed by atoms with E-state index < -0.39 is 0 Å². The Morgan fingerprint density at radius 1 is 1.19 bits per heavy atom. The van der Waals surface area contributed by atoms with Crippen LogP contribution in [0.1, 0.15) is 11.5 Å². The molecule has 5 heteroatoms. The standard InChI is InChI=1S/C16H17BrN4/c1-12-20-15-4-2-3-5-16(15)21(12)9-8-18-11-14-7-6-13(17)10-19-14/h2-7,10,18H,8-9,11H2,1H3. The fourth-order valence-corrected chi connectivity index (χ4v) is 2.63. The number of aromatic nitrogens is 3. The Bertz CT molecular complexity index is 734. The normalized spacial score (nSPS) is 11.1. The number of fused-ring (bicyclic) bond motifs is 1. The molecule has 2 aromatic heterocycles. The predicted octanol–water partition coefficient (Wildman–Crippen LogP) is 3.29. The molecule has 0 aliphatic carbocycles. The zero-order valence-electron chi connectivity index (χ0n) is 11.9. The van der Waals surface area contributed by atoms with Gasteiger partial charge >= 0.3 is 0 Å². The van der Waals surface area contributed by atoms with Crippen LogP contribution in [0.25, 0.3) is 11.0 Å². The van der Waals surface area contributed by atoms with Crippen LogP contribution in [0.15, 0.2) is 47.1 Å². The van der Waals surface area contributed by atoms with Gasteiger partial charge in [-0.25, -0.2) is 4.98 Å². The van der Waals surface area contributed by atoms with E-state index in [1.54, 1.807) is 0 Å².